The van der Waals surface area contributed by atoms with Gasteiger partial charge in [-0.3, -0.25) is 4.21 Å². The number of ether oxygens (including phenoxy) is 1. The molecule has 2 N–H and O–H groups in total. The van der Waals surface area contributed by atoms with Crippen LogP contribution < -0.4 is 10.6 Å². The highest BCUT2D eigenvalue weighted by atomic mass is 32.2. The predicted molar refractivity (Wildman–Crippen MR) is 65.3 cm³/mol. The Morgan fingerprint density at radius 2 is 2.24 bits per heavy atom. The first kappa shape index (κ1) is 14.1. The van der Waals surface area contributed by atoms with E-state index < -0.39 is 10.8 Å². The lowest BCUT2D eigenvalue weighted by molar-refractivity contribution is 0.198. The second kappa shape index (κ2) is 8.15. The van der Waals surface area contributed by atoms with Crippen LogP contribution in [0.25, 0.3) is 0 Å². The van der Waals surface area contributed by atoms with Crippen molar-refractivity contribution in [1.82, 2.24) is 15.5 Å². The zero-order valence-corrected chi connectivity index (χ0v) is 10.9. The highest BCUT2D eigenvalue weighted by Crippen LogP contribution is 2.04. The minimum absolute atomic E-state index is 0.360. The van der Waals surface area contributed by atoms with Gasteiger partial charge in [-0.1, -0.05) is 5.10 Å². The van der Waals surface area contributed by atoms with Gasteiger partial charge in [-0.15, -0.1) is 5.10 Å². The van der Waals surface area contributed by atoms with E-state index in [1.165, 1.54) is 0 Å². The van der Waals surface area contributed by atoms with Crippen molar-refractivity contribution in [2.45, 2.75) is 6.54 Å². The van der Waals surface area contributed by atoms with E-state index >= 15 is 0 Å². The maximum Gasteiger partial charge on any atom is 0.315 e. The van der Waals surface area contributed by atoms with Gasteiger partial charge in [0.15, 0.2) is 0 Å². The SMILES string of the molecule is COCCNCc1nnc(NCCS(C)=O)o1. The zero-order valence-electron chi connectivity index (χ0n) is 10.1. The number of methoxy groups -OCH3 is 1. The van der Waals surface area contributed by atoms with E-state index in [1.807, 2.05) is 0 Å². The highest BCUT2D eigenvalue weighted by Gasteiger charge is 2.04. The summed E-state index contributed by atoms with van der Waals surface area (Å²) >= 11 is 0. The number of hydrogen-bond donors (Lipinski definition) is 2. The summed E-state index contributed by atoms with van der Waals surface area (Å²) in [5.74, 6) is 1.07. The summed E-state index contributed by atoms with van der Waals surface area (Å²) in [7, 11) is 0.829. The van der Waals surface area contributed by atoms with Crippen LogP contribution in [0.5, 0.6) is 0 Å². The van der Waals surface area contributed by atoms with Gasteiger partial charge in [-0.25, -0.2) is 0 Å². The van der Waals surface area contributed by atoms with E-state index in [2.05, 4.69) is 20.8 Å². The summed E-state index contributed by atoms with van der Waals surface area (Å²) in [4.78, 5) is 0. The van der Waals surface area contributed by atoms with Gasteiger partial charge in [0.2, 0.25) is 5.89 Å². The number of nitrogens with one attached hydrogen (secondary N) is 2. The smallest absolute Gasteiger partial charge is 0.315 e. The molecule has 1 unspecified atom stereocenters. The quantitative estimate of drug-likeness (QED) is 0.585. The summed E-state index contributed by atoms with van der Waals surface area (Å²) in [6.45, 7) is 2.44. The number of anilines is 1. The Hall–Kier alpha value is -0.990. The Kier molecular flexibility index (Phi) is 6.75. The van der Waals surface area contributed by atoms with Crippen LogP contribution in [0, 0.1) is 0 Å². The van der Waals surface area contributed by atoms with Gasteiger partial charge in [-0.2, -0.15) is 0 Å². The molecule has 17 heavy (non-hydrogen) atoms. The van der Waals surface area contributed by atoms with Crippen LogP contribution in [0.1, 0.15) is 5.89 Å². The molecule has 1 atom stereocenters. The summed E-state index contributed by atoms with van der Waals surface area (Å²) in [5, 5.41) is 13.7. The Morgan fingerprint density at radius 3 is 2.94 bits per heavy atom. The third-order valence-corrected chi connectivity index (χ3v) is 2.67. The van der Waals surface area contributed by atoms with E-state index in [1.54, 1.807) is 13.4 Å². The number of hydrogen-bond acceptors (Lipinski definition) is 7. The Balaban J connectivity index is 2.20. The summed E-state index contributed by atoms with van der Waals surface area (Å²) in [5.41, 5.74) is 0. The van der Waals surface area contributed by atoms with Gasteiger partial charge in [0.05, 0.1) is 13.2 Å². The Morgan fingerprint density at radius 1 is 1.41 bits per heavy atom. The van der Waals surface area contributed by atoms with Gasteiger partial charge in [-0.05, 0) is 0 Å². The van der Waals surface area contributed by atoms with Gasteiger partial charge in [0.25, 0.3) is 0 Å². The van der Waals surface area contributed by atoms with Gasteiger partial charge in [0.1, 0.15) is 0 Å². The van der Waals surface area contributed by atoms with Crippen LogP contribution in [0.15, 0.2) is 4.42 Å². The van der Waals surface area contributed by atoms with Crippen LogP contribution in [0.3, 0.4) is 0 Å². The summed E-state index contributed by atoms with van der Waals surface area (Å²) < 4.78 is 21.0. The molecule has 8 heteroatoms. The summed E-state index contributed by atoms with van der Waals surface area (Å²) in [6, 6.07) is 0.360. The molecule has 0 aliphatic heterocycles. The molecule has 98 valence electrons. The summed E-state index contributed by atoms with van der Waals surface area (Å²) in [6.07, 6.45) is 1.65. The van der Waals surface area contributed by atoms with Crippen molar-refractivity contribution in [2.24, 2.45) is 0 Å². The molecule has 1 rings (SSSR count). The predicted octanol–water partition coefficient (Wildman–Crippen LogP) is -0.404. The number of nitrogens with zero attached hydrogens (tertiary/aromatic N) is 2. The lowest BCUT2D eigenvalue weighted by atomic mass is 10.6. The topological polar surface area (TPSA) is 89.3 Å². The van der Waals surface area contributed by atoms with Crippen molar-refractivity contribution >= 4 is 16.8 Å². The molecule has 1 heterocycles. The first-order chi connectivity index (χ1) is 8.22. The molecule has 0 aliphatic rings. The molecular weight excluding hydrogens is 244 g/mol. The lowest BCUT2D eigenvalue weighted by Gasteiger charge is -2.00. The van der Waals surface area contributed by atoms with Gasteiger partial charge < -0.3 is 19.8 Å². The maximum absolute atomic E-state index is 10.8. The fourth-order valence-corrected chi connectivity index (χ4v) is 1.46. The molecule has 1 aromatic heterocycles. The molecule has 1 aromatic rings. The zero-order chi connectivity index (χ0) is 12.5. The van der Waals surface area contributed by atoms with E-state index in [0.29, 0.717) is 37.4 Å². The van der Waals surface area contributed by atoms with Crippen LogP contribution in [0.4, 0.5) is 6.01 Å². The second-order valence-electron chi connectivity index (χ2n) is 3.37. The third-order valence-electron chi connectivity index (χ3n) is 1.89. The molecule has 7 nitrogen and oxygen atoms in total. The van der Waals surface area contributed by atoms with Crippen molar-refractivity contribution in [1.29, 1.82) is 0 Å². The lowest BCUT2D eigenvalue weighted by Crippen LogP contribution is -2.18. The van der Waals surface area contributed by atoms with Crippen LogP contribution in [-0.2, 0) is 22.1 Å². The molecule has 0 spiro atoms. The standard InChI is InChI=1S/C9H18N4O3S/c1-15-5-3-10-7-8-12-13-9(16-8)11-4-6-17(2)14/h10H,3-7H2,1-2H3,(H,11,13). The molecule has 0 radical (unpaired) electrons. The average molecular weight is 262 g/mol. The second-order valence-corrected chi connectivity index (χ2v) is 4.93. The highest BCUT2D eigenvalue weighted by molar-refractivity contribution is 7.84. The van der Waals surface area contributed by atoms with Crippen molar-refractivity contribution < 1.29 is 13.4 Å². The van der Waals surface area contributed by atoms with Crippen LogP contribution >= 0.6 is 0 Å². The molecule has 0 saturated heterocycles. The maximum atomic E-state index is 10.8. The monoisotopic (exact) mass is 262 g/mol. The van der Waals surface area contributed by atoms with E-state index in [9.17, 15) is 4.21 Å². The fraction of sp³-hybridized carbons (Fsp3) is 0.778. The van der Waals surface area contributed by atoms with Crippen molar-refractivity contribution in [3.05, 3.63) is 5.89 Å². The van der Waals surface area contributed by atoms with Crippen molar-refractivity contribution in [2.75, 3.05) is 44.1 Å². The third kappa shape index (κ3) is 6.35. The molecule has 0 saturated carbocycles. The molecule has 0 aliphatic carbocycles. The molecule has 0 fully saturated rings. The van der Waals surface area contributed by atoms with Gasteiger partial charge >= 0.3 is 6.01 Å². The van der Waals surface area contributed by atoms with E-state index in [4.69, 9.17) is 9.15 Å². The average Bonchev–Trinajstić information content (AvgIpc) is 2.72. The minimum Gasteiger partial charge on any atom is -0.407 e. The fourth-order valence-electron chi connectivity index (χ4n) is 1.07. The largest absolute Gasteiger partial charge is 0.407 e. The van der Waals surface area contributed by atoms with Crippen molar-refractivity contribution in [3.8, 4) is 0 Å². The number of aromatic nitrogens is 2. The number of rotatable bonds is 9. The van der Waals surface area contributed by atoms with E-state index in [0.717, 1.165) is 6.54 Å². The Bertz CT molecular complexity index is 345. The van der Waals surface area contributed by atoms with Crippen molar-refractivity contribution in [3.63, 3.8) is 0 Å². The van der Waals surface area contributed by atoms with Crippen LogP contribution in [-0.4, -0.2) is 53.2 Å². The Labute approximate surface area is 103 Å². The molecule has 0 aromatic carbocycles. The minimum atomic E-state index is -0.818. The first-order valence-electron chi connectivity index (χ1n) is 5.28. The first-order valence-corrected chi connectivity index (χ1v) is 7.01. The molecular formula is C9H18N4O3S. The van der Waals surface area contributed by atoms with Gasteiger partial charge in [0, 0.05) is 43.0 Å². The normalized spacial score (nSPS) is 12.6. The molecule has 0 amide bonds. The van der Waals surface area contributed by atoms with Crippen LogP contribution in [0.2, 0.25) is 0 Å². The molecule has 0 bridgehead atoms. The van der Waals surface area contributed by atoms with E-state index in [-0.39, 0.29) is 0 Å².